The van der Waals surface area contributed by atoms with Crippen molar-refractivity contribution in [3.63, 3.8) is 0 Å². The highest BCUT2D eigenvalue weighted by molar-refractivity contribution is 5.89. The van der Waals surface area contributed by atoms with Crippen LogP contribution in [0.25, 0.3) is 11.5 Å². The SMILES string of the molecule is C=CCN(Cc1ccccc1)C(=O)Nc1ccc(-c2nc(C(C)C)no2)cc1. The maximum atomic E-state index is 12.7. The van der Waals surface area contributed by atoms with Crippen molar-refractivity contribution < 1.29 is 9.32 Å². The summed E-state index contributed by atoms with van der Waals surface area (Å²) in [5.74, 6) is 1.35. The minimum atomic E-state index is -0.184. The average Bonchev–Trinajstić information content (AvgIpc) is 3.20. The first-order valence-electron chi connectivity index (χ1n) is 9.21. The summed E-state index contributed by atoms with van der Waals surface area (Å²) in [5, 5.41) is 6.90. The third kappa shape index (κ3) is 4.85. The largest absolute Gasteiger partial charge is 0.334 e. The topological polar surface area (TPSA) is 71.3 Å². The van der Waals surface area contributed by atoms with Gasteiger partial charge in [-0.05, 0) is 29.8 Å². The van der Waals surface area contributed by atoms with Crippen LogP contribution in [0, 0.1) is 0 Å². The summed E-state index contributed by atoms with van der Waals surface area (Å²) in [6.45, 7) is 8.74. The number of benzene rings is 2. The van der Waals surface area contributed by atoms with Crippen molar-refractivity contribution in [1.82, 2.24) is 15.0 Å². The number of amides is 2. The fourth-order valence-electron chi connectivity index (χ4n) is 2.66. The van der Waals surface area contributed by atoms with Gasteiger partial charge in [-0.3, -0.25) is 0 Å². The van der Waals surface area contributed by atoms with Crippen LogP contribution in [0.2, 0.25) is 0 Å². The number of urea groups is 1. The van der Waals surface area contributed by atoms with Crippen LogP contribution in [0.1, 0.15) is 31.2 Å². The van der Waals surface area contributed by atoms with Crippen LogP contribution in [-0.4, -0.2) is 27.6 Å². The van der Waals surface area contributed by atoms with Gasteiger partial charge in [-0.25, -0.2) is 4.79 Å². The Balaban J connectivity index is 1.67. The zero-order valence-corrected chi connectivity index (χ0v) is 16.1. The van der Waals surface area contributed by atoms with Gasteiger partial charge in [0, 0.05) is 30.3 Å². The number of aromatic nitrogens is 2. The quantitative estimate of drug-likeness (QED) is 0.584. The van der Waals surface area contributed by atoms with Gasteiger partial charge < -0.3 is 14.7 Å². The summed E-state index contributed by atoms with van der Waals surface area (Å²) in [6, 6.07) is 17.0. The molecule has 6 heteroatoms. The number of carbonyl (C=O) groups is 1. The van der Waals surface area contributed by atoms with Crippen LogP contribution in [0.3, 0.4) is 0 Å². The van der Waals surface area contributed by atoms with Crippen LogP contribution < -0.4 is 5.32 Å². The Morgan fingerprint density at radius 3 is 2.50 bits per heavy atom. The molecular weight excluding hydrogens is 352 g/mol. The van der Waals surface area contributed by atoms with Gasteiger partial charge in [-0.15, -0.1) is 6.58 Å². The van der Waals surface area contributed by atoms with Gasteiger partial charge in [0.1, 0.15) is 0 Å². The lowest BCUT2D eigenvalue weighted by Crippen LogP contribution is -2.34. The molecule has 1 heterocycles. The molecule has 2 aromatic carbocycles. The normalized spacial score (nSPS) is 10.7. The Kier molecular flexibility index (Phi) is 6.22. The van der Waals surface area contributed by atoms with Gasteiger partial charge in [0.05, 0.1) is 0 Å². The highest BCUT2D eigenvalue weighted by atomic mass is 16.5. The molecule has 0 radical (unpaired) electrons. The van der Waals surface area contributed by atoms with E-state index in [1.54, 1.807) is 11.0 Å². The van der Waals surface area contributed by atoms with Crippen molar-refractivity contribution >= 4 is 11.7 Å². The zero-order valence-electron chi connectivity index (χ0n) is 16.1. The molecular formula is C22H24N4O2. The van der Waals surface area contributed by atoms with Crippen molar-refractivity contribution in [1.29, 1.82) is 0 Å². The Morgan fingerprint density at radius 1 is 1.18 bits per heavy atom. The van der Waals surface area contributed by atoms with Crippen molar-refractivity contribution in [3.05, 3.63) is 78.6 Å². The number of nitrogens with one attached hydrogen (secondary N) is 1. The summed E-state index contributed by atoms with van der Waals surface area (Å²) in [5.41, 5.74) is 2.57. The summed E-state index contributed by atoms with van der Waals surface area (Å²) in [7, 11) is 0. The second kappa shape index (κ2) is 8.99. The van der Waals surface area contributed by atoms with Crippen molar-refractivity contribution in [2.24, 2.45) is 0 Å². The number of hydrogen-bond donors (Lipinski definition) is 1. The van der Waals surface area contributed by atoms with Crippen LogP contribution in [-0.2, 0) is 6.54 Å². The Labute approximate surface area is 164 Å². The van der Waals surface area contributed by atoms with E-state index in [-0.39, 0.29) is 11.9 Å². The molecule has 0 fully saturated rings. The highest BCUT2D eigenvalue weighted by Gasteiger charge is 2.14. The van der Waals surface area contributed by atoms with E-state index in [9.17, 15) is 4.79 Å². The molecule has 0 spiro atoms. The third-order valence-corrected chi connectivity index (χ3v) is 4.19. The van der Waals surface area contributed by atoms with Gasteiger partial charge in [0.25, 0.3) is 5.89 Å². The lowest BCUT2D eigenvalue weighted by atomic mass is 10.2. The van der Waals surface area contributed by atoms with E-state index in [0.717, 1.165) is 11.1 Å². The van der Waals surface area contributed by atoms with Crippen LogP contribution in [0.15, 0.2) is 71.8 Å². The van der Waals surface area contributed by atoms with Crippen molar-refractivity contribution in [2.75, 3.05) is 11.9 Å². The van der Waals surface area contributed by atoms with Crippen LogP contribution in [0.4, 0.5) is 10.5 Å². The van der Waals surface area contributed by atoms with Gasteiger partial charge in [0.15, 0.2) is 5.82 Å². The number of rotatable bonds is 7. The zero-order chi connectivity index (χ0) is 19.9. The van der Waals surface area contributed by atoms with Gasteiger partial charge in [-0.1, -0.05) is 55.4 Å². The molecule has 0 saturated heterocycles. The predicted octanol–water partition coefficient (Wildman–Crippen LogP) is 5.08. The maximum Gasteiger partial charge on any atom is 0.322 e. The molecule has 0 aliphatic carbocycles. The fourth-order valence-corrected chi connectivity index (χ4v) is 2.66. The molecule has 0 bridgehead atoms. The van der Waals surface area contributed by atoms with E-state index in [1.165, 1.54) is 0 Å². The van der Waals surface area contributed by atoms with E-state index < -0.39 is 0 Å². The molecule has 2 amide bonds. The fraction of sp³-hybridized carbons (Fsp3) is 0.227. The molecule has 28 heavy (non-hydrogen) atoms. The lowest BCUT2D eigenvalue weighted by Gasteiger charge is -2.22. The molecule has 0 aliphatic rings. The molecule has 0 unspecified atom stereocenters. The van der Waals surface area contributed by atoms with Crippen molar-refractivity contribution in [2.45, 2.75) is 26.3 Å². The number of carbonyl (C=O) groups excluding carboxylic acids is 1. The summed E-state index contributed by atoms with van der Waals surface area (Å²) < 4.78 is 5.30. The van der Waals surface area contributed by atoms with Crippen molar-refractivity contribution in [3.8, 4) is 11.5 Å². The van der Waals surface area contributed by atoms with Gasteiger partial charge in [0.2, 0.25) is 0 Å². The van der Waals surface area contributed by atoms with Crippen LogP contribution >= 0.6 is 0 Å². The molecule has 0 aliphatic heterocycles. The smallest absolute Gasteiger partial charge is 0.322 e. The first-order valence-corrected chi connectivity index (χ1v) is 9.21. The predicted molar refractivity (Wildman–Crippen MR) is 110 cm³/mol. The second-order valence-electron chi connectivity index (χ2n) is 6.77. The minimum Gasteiger partial charge on any atom is -0.334 e. The van der Waals surface area contributed by atoms with E-state index in [1.807, 2.05) is 68.4 Å². The van der Waals surface area contributed by atoms with Crippen LogP contribution in [0.5, 0.6) is 0 Å². The number of hydrogen-bond acceptors (Lipinski definition) is 4. The summed E-state index contributed by atoms with van der Waals surface area (Å²) in [6.07, 6.45) is 1.72. The molecule has 144 valence electrons. The van der Waals surface area contributed by atoms with E-state index >= 15 is 0 Å². The molecule has 3 rings (SSSR count). The minimum absolute atomic E-state index is 0.184. The Hall–Kier alpha value is -3.41. The van der Waals surface area contributed by atoms with E-state index in [0.29, 0.717) is 30.5 Å². The monoisotopic (exact) mass is 376 g/mol. The van der Waals surface area contributed by atoms with E-state index in [4.69, 9.17) is 4.52 Å². The maximum absolute atomic E-state index is 12.7. The summed E-state index contributed by atoms with van der Waals surface area (Å²) >= 11 is 0. The lowest BCUT2D eigenvalue weighted by molar-refractivity contribution is 0.215. The second-order valence-corrected chi connectivity index (χ2v) is 6.77. The Morgan fingerprint density at radius 2 is 1.89 bits per heavy atom. The molecule has 6 nitrogen and oxygen atoms in total. The molecule has 0 saturated carbocycles. The van der Waals surface area contributed by atoms with Gasteiger partial charge >= 0.3 is 6.03 Å². The van der Waals surface area contributed by atoms with E-state index in [2.05, 4.69) is 22.0 Å². The highest BCUT2D eigenvalue weighted by Crippen LogP contribution is 2.22. The molecule has 1 N–H and O–H groups in total. The van der Waals surface area contributed by atoms with Gasteiger partial charge in [-0.2, -0.15) is 4.98 Å². The molecule has 3 aromatic rings. The first-order chi connectivity index (χ1) is 13.6. The summed E-state index contributed by atoms with van der Waals surface area (Å²) in [4.78, 5) is 18.7. The number of nitrogens with zero attached hydrogens (tertiary/aromatic N) is 3. The molecule has 0 atom stereocenters. The first kappa shape index (κ1) is 19.4. The average molecular weight is 376 g/mol. The third-order valence-electron chi connectivity index (χ3n) is 4.19. The number of anilines is 1. The Bertz CT molecular complexity index is 917. The standard InChI is InChI=1S/C22H24N4O2/c1-4-14-26(15-17-8-6-5-7-9-17)22(27)23-19-12-10-18(11-13-19)21-24-20(16(2)3)25-28-21/h4-13,16H,1,14-15H2,2-3H3,(H,23,27). The molecule has 1 aromatic heterocycles.